The Morgan fingerprint density at radius 2 is 1.62 bits per heavy atom. The fraction of sp³-hybridized carbons (Fsp3) is 0.588. The number of rotatable bonds is 1. The minimum absolute atomic E-state index is 0.399. The minimum Gasteiger partial charge on any atom is -0.397 e. The second kappa shape index (κ2) is 3.92. The van der Waals surface area contributed by atoms with Gasteiger partial charge >= 0.3 is 0 Å². The maximum Gasteiger partial charge on any atom is 0.181 e. The Morgan fingerprint density at radius 1 is 1.00 bits per heavy atom. The average Bonchev–Trinajstić information content (AvgIpc) is 2.78. The molecule has 4 N–H and O–H groups in total. The number of fused-ring (bicyclic) bond motifs is 1. The summed E-state index contributed by atoms with van der Waals surface area (Å²) in [5, 5.41) is 0.624. The lowest BCUT2D eigenvalue weighted by atomic mass is 9.48. The van der Waals surface area contributed by atoms with Crippen LogP contribution in [-0.2, 0) is 5.41 Å². The highest BCUT2D eigenvalue weighted by Crippen LogP contribution is 2.61. The first-order valence-electron chi connectivity index (χ1n) is 8.07. The van der Waals surface area contributed by atoms with Crippen molar-refractivity contribution in [2.75, 3.05) is 11.5 Å². The first-order chi connectivity index (χ1) is 10.1. The zero-order valence-corrected chi connectivity index (χ0v) is 13.0. The van der Waals surface area contributed by atoms with Crippen LogP contribution in [0.5, 0.6) is 0 Å². The summed E-state index contributed by atoms with van der Waals surface area (Å²) in [6, 6.07) is 4.54. The molecule has 4 bridgehead atoms. The molecule has 21 heavy (non-hydrogen) atoms. The number of nitrogens with zero attached hydrogens (tertiary/aromatic N) is 1. The summed E-state index contributed by atoms with van der Waals surface area (Å²) in [4.78, 5) is 4.37. The number of hydrogen-bond acceptors (Lipinski definition) is 4. The fourth-order valence-corrected chi connectivity index (χ4v) is 6.65. The summed E-state index contributed by atoms with van der Waals surface area (Å²) in [6.45, 7) is 0. The first kappa shape index (κ1) is 12.3. The highest BCUT2D eigenvalue weighted by molar-refractivity contribution is 7.22. The van der Waals surface area contributed by atoms with Crippen molar-refractivity contribution in [1.29, 1.82) is 0 Å². The van der Waals surface area contributed by atoms with Crippen molar-refractivity contribution in [3.05, 3.63) is 17.7 Å². The smallest absolute Gasteiger partial charge is 0.181 e. The molecule has 0 aliphatic heterocycles. The molecule has 4 fully saturated rings. The maximum absolute atomic E-state index is 6.28. The lowest BCUT2D eigenvalue weighted by Gasteiger charge is -2.57. The quantitative estimate of drug-likeness (QED) is 0.784. The third-order valence-electron chi connectivity index (χ3n) is 6.19. The minimum atomic E-state index is 0.399. The van der Waals surface area contributed by atoms with E-state index in [0.29, 0.717) is 10.5 Å². The van der Waals surface area contributed by atoms with E-state index in [-0.39, 0.29) is 0 Å². The van der Waals surface area contributed by atoms with E-state index < -0.39 is 0 Å². The van der Waals surface area contributed by atoms with E-state index in [9.17, 15) is 0 Å². The second-order valence-electron chi connectivity index (χ2n) is 7.66. The number of hydrogen-bond donors (Lipinski definition) is 2. The van der Waals surface area contributed by atoms with Crippen LogP contribution < -0.4 is 11.5 Å². The Balaban J connectivity index is 1.66. The van der Waals surface area contributed by atoms with Crippen molar-refractivity contribution < 1.29 is 0 Å². The molecule has 4 aliphatic carbocycles. The van der Waals surface area contributed by atoms with Gasteiger partial charge in [0.05, 0.1) is 10.4 Å². The monoisotopic (exact) mass is 299 g/mol. The van der Waals surface area contributed by atoms with Gasteiger partial charge in [0.1, 0.15) is 5.52 Å². The third kappa shape index (κ3) is 1.68. The van der Waals surface area contributed by atoms with Crippen molar-refractivity contribution in [3.63, 3.8) is 0 Å². The number of aromatic nitrogens is 1. The van der Waals surface area contributed by atoms with E-state index in [1.165, 1.54) is 48.8 Å². The van der Waals surface area contributed by atoms with Crippen LogP contribution in [0.3, 0.4) is 0 Å². The Morgan fingerprint density at radius 3 is 2.24 bits per heavy atom. The topological polar surface area (TPSA) is 64.9 Å². The molecule has 1 aromatic carbocycles. The predicted octanol–water partition coefficient (Wildman–Crippen LogP) is 3.93. The van der Waals surface area contributed by atoms with Crippen LogP contribution in [0.1, 0.15) is 44.1 Å². The van der Waals surface area contributed by atoms with Gasteiger partial charge in [0, 0.05) is 0 Å². The van der Waals surface area contributed by atoms with Gasteiger partial charge in [-0.05, 0) is 79.4 Å². The first-order valence-corrected chi connectivity index (χ1v) is 8.89. The highest BCUT2D eigenvalue weighted by Gasteiger charge is 2.51. The van der Waals surface area contributed by atoms with Crippen molar-refractivity contribution in [3.8, 4) is 0 Å². The van der Waals surface area contributed by atoms with Crippen LogP contribution in [0, 0.1) is 17.8 Å². The van der Waals surface area contributed by atoms with E-state index in [4.69, 9.17) is 11.5 Å². The molecule has 0 spiro atoms. The lowest BCUT2D eigenvalue weighted by molar-refractivity contribution is -0.00510. The van der Waals surface area contributed by atoms with Gasteiger partial charge in [-0.1, -0.05) is 11.3 Å². The molecular weight excluding hydrogens is 278 g/mol. The van der Waals surface area contributed by atoms with E-state index >= 15 is 0 Å². The molecule has 110 valence electrons. The summed E-state index contributed by atoms with van der Waals surface area (Å²) >= 11 is 1.57. The van der Waals surface area contributed by atoms with Gasteiger partial charge in [0.15, 0.2) is 5.13 Å². The van der Waals surface area contributed by atoms with Crippen molar-refractivity contribution >= 4 is 32.4 Å². The van der Waals surface area contributed by atoms with Gasteiger partial charge in [-0.15, -0.1) is 0 Å². The predicted molar refractivity (Wildman–Crippen MR) is 88.3 cm³/mol. The van der Waals surface area contributed by atoms with Gasteiger partial charge in [-0.3, -0.25) is 0 Å². The maximum atomic E-state index is 6.28. The van der Waals surface area contributed by atoms with Crippen molar-refractivity contribution in [1.82, 2.24) is 4.98 Å². The molecule has 0 saturated heterocycles. The van der Waals surface area contributed by atoms with Crippen LogP contribution in [0.2, 0.25) is 0 Å². The number of benzene rings is 1. The number of nitrogens with two attached hydrogens (primary N) is 2. The molecule has 3 nitrogen and oxygen atoms in total. The SMILES string of the molecule is Nc1nc2c(N)cc(C34CC5CC(CC(C5)C3)C4)cc2s1. The van der Waals surface area contributed by atoms with E-state index in [1.807, 2.05) is 0 Å². The van der Waals surface area contributed by atoms with Crippen molar-refractivity contribution in [2.45, 2.75) is 43.9 Å². The standard InChI is InChI=1S/C17H21N3S/c18-13-4-12(5-14-15(13)20-16(19)21-14)17-6-9-1-10(7-17)3-11(2-9)8-17/h4-5,9-11H,1-3,6-8,18H2,(H2,19,20). The molecular formula is C17H21N3S. The van der Waals surface area contributed by atoms with Crippen LogP contribution in [0.4, 0.5) is 10.8 Å². The van der Waals surface area contributed by atoms with Crippen LogP contribution in [-0.4, -0.2) is 4.98 Å². The van der Waals surface area contributed by atoms with Gasteiger partial charge < -0.3 is 11.5 Å². The highest BCUT2D eigenvalue weighted by atomic mass is 32.1. The summed E-state index contributed by atoms with van der Waals surface area (Å²) in [6.07, 6.45) is 8.55. The normalized spacial score (nSPS) is 37.4. The summed E-state index contributed by atoms with van der Waals surface area (Å²) < 4.78 is 1.17. The Bertz CT molecular complexity index is 698. The molecule has 2 aromatic rings. The van der Waals surface area contributed by atoms with Gasteiger partial charge in [0.25, 0.3) is 0 Å². The van der Waals surface area contributed by atoms with Crippen LogP contribution >= 0.6 is 11.3 Å². The van der Waals surface area contributed by atoms with Gasteiger partial charge in [-0.2, -0.15) is 0 Å². The third-order valence-corrected chi connectivity index (χ3v) is 7.02. The largest absolute Gasteiger partial charge is 0.397 e. The Labute approximate surface area is 128 Å². The molecule has 4 saturated carbocycles. The second-order valence-corrected chi connectivity index (χ2v) is 8.72. The molecule has 1 aromatic heterocycles. The van der Waals surface area contributed by atoms with Crippen LogP contribution in [0.25, 0.3) is 10.2 Å². The van der Waals surface area contributed by atoms with Gasteiger partial charge in [-0.25, -0.2) is 4.98 Å². The number of anilines is 2. The summed E-state index contributed by atoms with van der Waals surface area (Å²) in [7, 11) is 0. The zero-order chi connectivity index (χ0) is 14.2. The number of nitrogen functional groups attached to an aromatic ring is 2. The molecule has 6 rings (SSSR count). The summed E-state index contributed by atoms with van der Waals surface area (Å²) in [5.74, 6) is 2.87. The molecule has 4 heteroatoms. The molecule has 0 radical (unpaired) electrons. The summed E-state index contributed by atoms with van der Waals surface area (Å²) in [5.41, 5.74) is 15.7. The molecule has 1 heterocycles. The number of thiazole rings is 1. The van der Waals surface area contributed by atoms with Crippen LogP contribution in [0.15, 0.2) is 12.1 Å². The molecule has 0 atom stereocenters. The van der Waals surface area contributed by atoms with E-state index in [1.54, 1.807) is 11.3 Å². The molecule has 0 unspecified atom stereocenters. The van der Waals surface area contributed by atoms with E-state index in [2.05, 4.69) is 17.1 Å². The Hall–Kier alpha value is -1.29. The molecule has 4 aliphatic rings. The van der Waals surface area contributed by atoms with Crippen molar-refractivity contribution in [2.24, 2.45) is 17.8 Å². The average molecular weight is 299 g/mol. The van der Waals surface area contributed by atoms with E-state index in [0.717, 1.165) is 29.0 Å². The lowest BCUT2D eigenvalue weighted by Crippen LogP contribution is -2.48. The fourth-order valence-electron chi connectivity index (χ4n) is 5.84. The Kier molecular flexibility index (Phi) is 2.29. The molecule has 0 amide bonds. The van der Waals surface area contributed by atoms with Gasteiger partial charge in [0.2, 0.25) is 0 Å². The zero-order valence-electron chi connectivity index (χ0n) is 12.1.